The van der Waals surface area contributed by atoms with E-state index in [9.17, 15) is 18.7 Å². The Hall–Kier alpha value is -1.99. The second-order valence-corrected chi connectivity index (χ2v) is 5.65. The molecule has 1 aliphatic heterocycles. The molecule has 24 heavy (non-hydrogen) atoms. The number of amides is 2. The molecule has 1 fully saturated rings. The minimum absolute atomic E-state index is 0.0731. The van der Waals surface area contributed by atoms with Gasteiger partial charge in [-0.2, -0.15) is 0 Å². The molecule has 0 radical (unpaired) electrons. The SMILES string of the molecule is C=CCCOCCNC(=O)N1CC(O)CC1c1cc(F)ccc1F. The fourth-order valence-electron chi connectivity index (χ4n) is 2.70. The molecular weight excluding hydrogens is 318 g/mol. The maximum atomic E-state index is 14.0. The molecule has 2 rings (SSSR count). The molecule has 5 nitrogen and oxygen atoms in total. The van der Waals surface area contributed by atoms with Crippen molar-refractivity contribution in [3.05, 3.63) is 48.1 Å². The third kappa shape index (κ3) is 4.75. The first-order chi connectivity index (χ1) is 11.5. The van der Waals surface area contributed by atoms with Crippen molar-refractivity contribution in [2.75, 3.05) is 26.3 Å². The minimum atomic E-state index is -0.771. The van der Waals surface area contributed by atoms with Gasteiger partial charge in [0.15, 0.2) is 0 Å². The molecule has 0 bridgehead atoms. The summed E-state index contributed by atoms with van der Waals surface area (Å²) in [7, 11) is 0. The lowest BCUT2D eigenvalue weighted by molar-refractivity contribution is 0.135. The van der Waals surface area contributed by atoms with E-state index < -0.39 is 29.8 Å². The van der Waals surface area contributed by atoms with E-state index in [0.29, 0.717) is 19.8 Å². The predicted octanol–water partition coefficient (Wildman–Crippen LogP) is 2.37. The fourth-order valence-corrected chi connectivity index (χ4v) is 2.70. The van der Waals surface area contributed by atoms with Gasteiger partial charge in [-0.15, -0.1) is 6.58 Å². The summed E-state index contributed by atoms with van der Waals surface area (Å²) in [5, 5.41) is 12.5. The number of β-amino-alcohol motifs (C(OH)–C–C–N with tert-alkyl or cyclic N) is 1. The number of aliphatic hydroxyl groups excluding tert-OH is 1. The largest absolute Gasteiger partial charge is 0.391 e. The second kappa shape index (κ2) is 8.75. The van der Waals surface area contributed by atoms with Crippen LogP contribution in [0.25, 0.3) is 0 Å². The quantitative estimate of drug-likeness (QED) is 0.592. The fraction of sp³-hybridized carbons (Fsp3) is 0.471. The number of likely N-dealkylation sites (tertiary alicyclic amines) is 1. The van der Waals surface area contributed by atoms with Crippen LogP contribution in [0, 0.1) is 11.6 Å². The Morgan fingerprint density at radius 3 is 3.00 bits per heavy atom. The van der Waals surface area contributed by atoms with Crippen molar-refractivity contribution >= 4 is 6.03 Å². The lowest BCUT2D eigenvalue weighted by atomic mass is 10.0. The van der Waals surface area contributed by atoms with Gasteiger partial charge < -0.3 is 20.1 Å². The molecule has 1 saturated heterocycles. The summed E-state index contributed by atoms with van der Waals surface area (Å²) in [5.41, 5.74) is 0.0731. The van der Waals surface area contributed by atoms with E-state index in [1.54, 1.807) is 6.08 Å². The number of halogens is 2. The van der Waals surface area contributed by atoms with Gasteiger partial charge in [0.1, 0.15) is 11.6 Å². The van der Waals surface area contributed by atoms with Crippen LogP contribution < -0.4 is 5.32 Å². The first-order valence-electron chi connectivity index (χ1n) is 7.89. The highest BCUT2D eigenvalue weighted by Crippen LogP contribution is 2.33. The van der Waals surface area contributed by atoms with Crippen molar-refractivity contribution in [3.63, 3.8) is 0 Å². The Kier molecular flexibility index (Phi) is 6.69. The average Bonchev–Trinajstić information content (AvgIpc) is 2.94. The minimum Gasteiger partial charge on any atom is -0.391 e. The number of carbonyl (C=O) groups is 1. The Balaban J connectivity index is 1.95. The predicted molar refractivity (Wildman–Crippen MR) is 85.5 cm³/mol. The van der Waals surface area contributed by atoms with Crippen molar-refractivity contribution in [1.82, 2.24) is 10.2 Å². The molecule has 1 heterocycles. The van der Waals surface area contributed by atoms with E-state index in [-0.39, 0.29) is 18.5 Å². The zero-order valence-electron chi connectivity index (χ0n) is 13.4. The first-order valence-corrected chi connectivity index (χ1v) is 7.89. The van der Waals surface area contributed by atoms with E-state index in [0.717, 1.165) is 24.6 Å². The Labute approximate surface area is 139 Å². The smallest absolute Gasteiger partial charge is 0.318 e. The van der Waals surface area contributed by atoms with Crippen LogP contribution in [0.2, 0.25) is 0 Å². The second-order valence-electron chi connectivity index (χ2n) is 5.65. The van der Waals surface area contributed by atoms with Gasteiger partial charge in [-0.3, -0.25) is 0 Å². The van der Waals surface area contributed by atoms with Gasteiger partial charge in [0.25, 0.3) is 0 Å². The van der Waals surface area contributed by atoms with Crippen molar-refractivity contribution in [2.45, 2.75) is 25.0 Å². The number of rotatable bonds is 7. The highest BCUT2D eigenvalue weighted by Gasteiger charge is 2.36. The third-order valence-electron chi connectivity index (χ3n) is 3.85. The average molecular weight is 340 g/mol. The van der Waals surface area contributed by atoms with Crippen molar-refractivity contribution < 1.29 is 23.4 Å². The van der Waals surface area contributed by atoms with Crippen LogP contribution in [0.15, 0.2) is 30.9 Å². The van der Waals surface area contributed by atoms with Crippen LogP contribution in [0.4, 0.5) is 13.6 Å². The third-order valence-corrected chi connectivity index (χ3v) is 3.85. The summed E-state index contributed by atoms with van der Waals surface area (Å²) >= 11 is 0. The summed E-state index contributed by atoms with van der Waals surface area (Å²) in [6.45, 7) is 4.81. The number of nitrogens with zero attached hydrogens (tertiary/aromatic N) is 1. The van der Waals surface area contributed by atoms with Crippen LogP contribution in [-0.4, -0.2) is 48.4 Å². The molecule has 2 N–H and O–H groups in total. The Morgan fingerprint density at radius 1 is 1.46 bits per heavy atom. The number of urea groups is 1. The maximum absolute atomic E-state index is 14.0. The van der Waals surface area contributed by atoms with Crippen LogP contribution >= 0.6 is 0 Å². The molecule has 0 spiro atoms. The molecule has 1 aliphatic rings. The number of carbonyl (C=O) groups excluding carboxylic acids is 1. The highest BCUT2D eigenvalue weighted by atomic mass is 19.1. The van der Waals surface area contributed by atoms with Gasteiger partial charge in [0.05, 0.1) is 25.4 Å². The van der Waals surface area contributed by atoms with Gasteiger partial charge in [-0.05, 0) is 31.0 Å². The summed E-state index contributed by atoms with van der Waals surface area (Å²) in [4.78, 5) is 13.6. The summed E-state index contributed by atoms with van der Waals surface area (Å²) in [6.07, 6.45) is 1.87. The topological polar surface area (TPSA) is 61.8 Å². The molecule has 7 heteroatoms. The molecular formula is C17H22F2N2O3. The van der Waals surface area contributed by atoms with E-state index in [1.807, 2.05) is 0 Å². The number of hydrogen-bond acceptors (Lipinski definition) is 3. The standard InChI is InChI=1S/C17H22F2N2O3/c1-2-3-7-24-8-6-20-17(23)21-11-13(22)10-16(21)14-9-12(18)4-5-15(14)19/h2,4-5,9,13,16,22H,1,3,6-8,10-11H2,(H,20,23). The highest BCUT2D eigenvalue weighted by molar-refractivity contribution is 5.75. The van der Waals surface area contributed by atoms with E-state index in [4.69, 9.17) is 4.74 Å². The number of benzene rings is 1. The van der Waals surface area contributed by atoms with Gasteiger partial charge >= 0.3 is 6.03 Å². The van der Waals surface area contributed by atoms with Gasteiger partial charge in [-0.1, -0.05) is 6.08 Å². The molecule has 1 aromatic carbocycles. The molecule has 0 saturated carbocycles. The zero-order chi connectivity index (χ0) is 17.5. The van der Waals surface area contributed by atoms with Crippen molar-refractivity contribution in [1.29, 1.82) is 0 Å². The van der Waals surface area contributed by atoms with Crippen LogP contribution in [0.3, 0.4) is 0 Å². The Morgan fingerprint density at radius 2 is 2.25 bits per heavy atom. The van der Waals surface area contributed by atoms with Crippen molar-refractivity contribution in [2.24, 2.45) is 0 Å². The molecule has 2 unspecified atom stereocenters. The zero-order valence-corrected chi connectivity index (χ0v) is 13.4. The number of nitrogens with one attached hydrogen (secondary N) is 1. The van der Waals surface area contributed by atoms with E-state index >= 15 is 0 Å². The molecule has 0 aromatic heterocycles. The van der Waals surface area contributed by atoms with Crippen LogP contribution in [-0.2, 0) is 4.74 Å². The van der Waals surface area contributed by atoms with Crippen molar-refractivity contribution in [3.8, 4) is 0 Å². The Bertz CT molecular complexity index is 583. The normalized spacial score (nSPS) is 20.2. The van der Waals surface area contributed by atoms with Gasteiger partial charge in [-0.25, -0.2) is 13.6 Å². The lowest BCUT2D eigenvalue weighted by Crippen LogP contribution is -2.41. The number of hydrogen-bond donors (Lipinski definition) is 2. The van der Waals surface area contributed by atoms with E-state index in [2.05, 4.69) is 11.9 Å². The maximum Gasteiger partial charge on any atom is 0.318 e. The summed E-state index contributed by atoms with van der Waals surface area (Å²) < 4.78 is 32.7. The number of aliphatic hydroxyl groups is 1. The molecule has 0 aliphatic carbocycles. The molecule has 2 amide bonds. The van der Waals surface area contributed by atoms with E-state index in [1.165, 1.54) is 4.90 Å². The molecule has 132 valence electrons. The summed E-state index contributed by atoms with van der Waals surface area (Å²) in [5.74, 6) is -1.18. The first kappa shape index (κ1) is 18.4. The summed E-state index contributed by atoms with van der Waals surface area (Å²) in [6, 6.07) is 1.98. The van der Waals surface area contributed by atoms with Crippen LogP contribution in [0.5, 0.6) is 0 Å². The monoisotopic (exact) mass is 340 g/mol. The van der Waals surface area contributed by atoms with Gasteiger partial charge in [0, 0.05) is 18.7 Å². The van der Waals surface area contributed by atoms with Crippen LogP contribution in [0.1, 0.15) is 24.4 Å². The van der Waals surface area contributed by atoms with Gasteiger partial charge in [0.2, 0.25) is 0 Å². The lowest BCUT2D eigenvalue weighted by Gasteiger charge is -2.25. The molecule has 2 atom stereocenters. The number of ether oxygens (including phenoxy) is 1. The molecule has 1 aromatic rings.